The van der Waals surface area contributed by atoms with Crippen LogP contribution in [0.3, 0.4) is 0 Å². The van der Waals surface area contributed by atoms with Crippen molar-refractivity contribution in [3.8, 4) is 5.75 Å². The highest BCUT2D eigenvalue weighted by atomic mass is 16.6. The SMILES string of the molecule is COc1ccc2[nH]cc(CC[NH2+]C[C@@H]3C(=O)O[C@@H]4C[C@]5(C)CCCC(C)=C5C[C@H]34)c2c1. The van der Waals surface area contributed by atoms with Crippen LogP contribution in [0.1, 0.15) is 51.5 Å². The zero-order valence-electron chi connectivity index (χ0n) is 19.0. The molecule has 0 amide bonds. The van der Waals surface area contributed by atoms with Gasteiger partial charge in [0.05, 0.1) is 20.2 Å². The van der Waals surface area contributed by atoms with Crippen LogP contribution in [-0.4, -0.2) is 37.3 Å². The molecule has 2 aromatic rings. The fraction of sp³-hybridized carbons (Fsp3) is 0.577. The van der Waals surface area contributed by atoms with E-state index in [1.807, 2.05) is 6.07 Å². The van der Waals surface area contributed by atoms with Crippen molar-refractivity contribution in [2.45, 2.75) is 58.5 Å². The topological polar surface area (TPSA) is 67.9 Å². The Morgan fingerprint density at radius 2 is 2.23 bits per heavy atom. The number of esters is 1. The minimum Gasteiger partial charge on any atom is -0.497 e. The van der Waals surface area contributed by atoms with Crippen LogP contribution in [0.4, 0.5) is 0 Å². The maximum Gasteiger partial charge on any atom is 0.315 e. The number of quaternary nitrogens is 1. The molecule has 166 valence electrons. The summed E-state index contributed by atoms with van der Waals surface area (Å²) in [6, 6.07) is 6.14. The van der Waals surface area contributed by atoms with Crippen molar-refractivity contribution in [2.24, 2.45) is 17.3 Å². The maximum absolute atomic E-state index is 12.7. The second kappa shape index (κ2) is 8.01. The molecule has 4 atom stereocenters. The molecule has 1 aliphatic heterocycles. The summed E-state index contributed by atoms with van der Waals surface area (Å²) in [4.78, 5) is 16.1. The number of nitrogens with two attached hydrogens (primary N) is 1. The van der Waals surface area contributed by atoms with Crippen molar-refractivity contribution >= 4 is 16.9 Å². The molecule has 3 aliphatic rings. The molecule has 0 bridgehead atoms. The van der Waals surface area contributed by atoms with Crippen molar-refractivity contribution in [1.29, 1.82) is 0 Å². The third-order valence-electron chi connectivity index (χ3n) is 8.19. The van der Waals surface area contributed by atoms with Gasteiger partial charge in [-0.25, -0.2) is 0 Å². The van der Waals surface area contributed by atoms with Gasteiger partial charge >= 0.3 is 5.97 Å². The molecule has 0 unspecified atom stereocenters. The zero-order chi connectivity index (χ0) is 21.6. The van der Waals surface area contributed by atoms with E-state index in [1.54, 1.807) is 18.3 Å². The molecule has 3 N–H and O–H groups in total. The summed E-state index contributed by atoms with van der Waals surface area (Å²) < 4.78 is 11.3. The first-order valence-corrected chi connectivity index (χ1v) is 11.8. The molecule has 1 saturated carbocycles. The van der Waals surface area contributed by atoms with E-state index in [-0.39, 0.29) is 23.4 Å². The number of aromatic amines is 1. The fourth-order valence-corrected chi connectivity index (χ4v) is 6.43. The number of carbonyl (C=O) groups excluding carboxylic acids is 1. The van der Waals surface area contributed by atoms with Gasteiger partial charge in [-0.05, 0) is 68.2 Å². The molecular formula is C26H35N2O3+. The summed E-state index contributed by atoms with van der Waals surface area (Å²) in [5.74, 6) is 1.30. The Morgan fingerprint density at radius 3 is 3.06 bits per heavy atom. The Balaban J connectivity index is 1.22. The number of H-pyrrole nitrogens is 1. The van der Waals surface area contributed by atoms with Crippen molar-refractivity contribution in [2.75, 3.05) is 20.2 Å². The normalized spacial score (nSPS) is 30.3. The quantitative estimate of drug-likeness (QED) is 0.423. The number of hydrogen-bond acceptors (Lipinski definition) is 3. The molecule has 0 radical (unpaired) electrons. The lowest BCUT2D eigenvalue weighted by atomic mass is 9.59. The Morgan fingerprint density at radius 1 is 1.35 bits per heavy atom. The lowest BCUT2D eigenvalue weighted by molar-refractivity contribution is -0.658. The number of nitrogens with one attached hydrogen (secondary N) is 1. The molecule has 5 heteroatoms. The predicted octanol–water partition coefficient (Wildman–Crippen LogP) is 3.74. The molecule has 5 rings (SSSR count). The molecule has 31 heavy (non-hydrogen) atoms. The van der Waals surface area contributed by atoms with Crippen LogP contribution in [0.15, 0.2) is 35.5 Å². The standard InChI is InChI=1S/C26H34N2O3/c1-16-5-4-9-26(2)13-24-20(12-22(16)26)21(25(29)31-24)15-27-10-8-17-14-28-23-7-6-18(30-3)11-19(17)23/h6-7,11,14,20-21,24,27-28H,4-5,8-10,12-13,15H2,1-3H3/p+1/t20-,21+,24-,26+/m1/s1. The number of fused-ring (bicyclic) bond motifs is 3. The summed E-state index contributed by atoms with van der Waals surface area (Å²) in [6.07, 6.45) is 8.99. The molecule has 2 fully saturated rings. The van der Waals surface area contributed by atoms with Crippen molar-refractivity contribution in [3.63, 3.8) is 0 Å². The van der Waals surface area contributed by atoms with Gasteiger partial charge in [0.1, 0.15) is 17.8 Å². The lowest BCUT2D eigenvalue weighted by Crippen LogP contribution is -2.86. The minimum absolute atomic E-state index is 0.0276. The molecule has 2 aliphatic carbocycles. The Bertz CT molecular complexity index is 1020. The largest absolute Gasteiger partial charge is 0.497 e. The number of aromatic nitrogens is 1. The van der Waals surface area contributed by atoms with Crippen LogP contribution in [-0.2, 0) is 16.0 Å². The van der Waals surface area contributed by atoms with E-state index < -0.39 is 0 Å². The first-order valence-electron chi connectivity index (χ1n) is 11.8. The fourth-order valence-electron chi connectivity index (χ4n) is 6.43. The highest BCUT2D eigenvalue weighted by Gasteiger charge is 2.53. The van der Waals surface area contributed by atoms with Crippen LogP contribution in [0.5, 0.6) is 5.75 Å². The molecule has 5 nitrogen and oxygen atoms in total. The van der Waals surface area contributed by atoms with E-state index in [4.69, 9.17) is 9.47 Å². The second-order valence-corrected chi connectivity index (χ2v) is 10.1. The summed E-state index contributed by atoms with van der Waals surface area (Å²) >= 11 is 0. The predicted molar refractivity (Wildman–Crippen MR) is 121 cm³/mol. The first-order chi connectivity index (χ1) is 15.0. The molecular weight excluding hydrogens is 388 g/mol. The van der Waals surface area contributed by atoms with Crippen molar-refractivity contribution in [1.82, 2.24) is 4.98 Å². The van der Waals surface area contributed by atoms with Crippen LogP contribution in [0, 0.1) is 17.3 Å². The van der Waals surface area contributed by atoms with Crippen molar-refractivity contribution in [3.05, 3.63) is 41.1 Å². The summed E-state index contributed by atoms with van der Waals surface area (Å²) in [5, 5.41) is 3.53. The number of allylic oxidation sites excluding steroid dienone is 2. The van der Waals surface area contributed by atoms with E-state index in [2.05, 4.69) is 42.5 Å². The molecule has 2 heterocycles. The Labute approximate surface area is 184 Å². The zero-order valence-corrected chi connectivity index (χ0v) is 19.0. The smallest absolute Gasteiger partial charge is 0.315 e. The van der Waals surface area contributed by atoms with E-state index in [0.717, 1.165) is 43.6 Å². The average Bonchev–Trinajstić information content (AvgIpc) is 3.29. The monoisotopic (exact) mass is 423 g/mol. The second-order valence-electron chi connectivity index (χ2n) is 10.1. The highest BCUT2D eigenvalue weighted by molar-refractivity contribution is 5.84. The molecule has 0 spiro atoms. The number of rotatable bonds is 6. The molecule has 1 saturated heterocycles. The average molecular weight is 424 g/mol. The maximum atomic E-state index is 12.7. The van der Waals surface area contributed by atoms with Crippen LogP contribution >= 0.6 is 0 Å². The Kier molecular flexibility index (Phi) is 5.33. The van der Waals surface area contributed by atoms with Gasteiger partial charge in [-0.2, -0.15) is 0 Å². The number of ether oxygens (including phenoxy) is 2. The molecule has 1 aromatic carbocycles. The van der Waals surface area contributed by atoms with Gasteiger partial charge in [-0.1, -0.05) is 18.1 Å². The van der Waals surface area contributed by atoms with Crippen LogP contribution in [0.2, 0.25) is 0 Å². The number of benzene rings is 1. The van der Waals surface area contributed by atoms with Gasteiger partial charge in [-0.3, -0.25) is 4.79 Å². The van der Waals surface area contributed by atoms with E-state index in [0.29, 0.717) is 5.92 Å². The van der Waals surface area contributed by atoms with E-state index in [9.17, 15) is 4.79 Å². The minimum atomic E-state index is 0.0276. The molecule has 1 aromatic heterocycles. The number of carbonyl (C=O) groups is 1. The number of hydrogen-bond donors (Lipinski definition) is 2. The van der Waals surface area contributed by atoms with E-state index >= 15 is 0 Å². The third-order valence-corrected chi connectivity index (χ3v) is 8.19. The lowest BCUT2D eigenvalue weighted by Gasteiger charge is -2.45. The summed E-state index contributed by atoms with van der Waals surface area (Å²) in [6.45, 7) is 6.49. The first kappa shape index (κ1) is 20.6. The van der Waals surface area contributed by atoms with Crippen LogP contribution in [0.25, 0.3) is 10.9 Å². The third kappa shape index (κ3) is 3.67. The van der Waals surface area contributed by atoms with Gasteiger partial charge in [0.2, 0.25) is 0 Å². The van der Waals surface area contributed by atoms with E-state index in [1.165, 1.54) is 30.2 Å². The van der Waals surface area contributed by atoms with Crippen LogP contribution < -0.4 is 10.1 Å². The van der Waals surface area contributed by atoms with Gasteiger partial charge in [0.15, 0.2) is 0 Å². The van der Waals surface area contributed by atoms with Gasteiger partial charge in [0, 0.05) is 29.4 Å². The van der Waals surface area contributed by atoms with Gasteiger partial charge in [-0.15, -0.1) is 0 Å². The van der Waals surface area contributed by atoms with Gasteiger partial charge < -0.3 is 19.8 Å². The Hall–Kier alpha value is -2.27. The van der Waals surface area contributed by atoms with Gasteiger partial charge in [0.25, 0.3) is 0 Å². The summed E-state index contributed by atoms with van der Waals surface area (Å²) in [5.41, 5.74) is 5.90. The number of methoxy groups -OCH3 is 1. The summed E-state index contributed by atoms with van der Waals surface area (Å²) in [7, 11) is 1.70. The van der Waals surface area contributed by atoms with Crippen molar-refractivity contribution < 1.29 is 19.6 Å². The highest BCUT2D eigenvalue weighted by Crippen LogP contribution is 2.54.